The second kappa shape index (κ2) is 4.81. The largest absolute Gasteiger partial charge is 0.338 e. The van der Waals surface area contributed by atoms with E-state index in [4.69, 9.17) is 11.1 Å². The van der Waals surface area contributed by atoms with Crippen molar-refractivity contribution in [2.45, 2.75) is 19.0 Å². The molecule has 1 unspecified atom stereocenters. The summed E-state index contributed by atoms with van der Waals surface area (Å²) in [6, 6.07) is 9.86. The molecule has 1 amide bonds. The van der Waals surface area contributed by atoms with Crippen LogP contribution in [0.2, 0.25) is 0 Å². The van der Waals surface area contributed by atoms with Crippen LogP contribution in [-0.4, -0.2) is 26.7 Å². The van der Waals surface area contributed by atoms with Crippen LogP contribution in [0.4, 0.5) is 0 Å². The van der Waals surface area contributed by atoms with Gasteiger partial charge in [-0.05, 0) is 12.5 Å². The lowest BCUT2D eigenvalue weighted by atomic mass is 10.1. The number of carbonyl (C=O) groups is 1. The summed E-state index contributed by atoms with van der Waals surface area (Å²) in [6.07, 6.45) is 0. The highest BCUT2D eigenvalue weighted by molar-refractivity contribution is 6.95. The molecule has 0 N–H and O–H groups in total. The molecule has 1 atom stereocenters. The minimum Gasteiger partial charge on any atom is -0.338 e. The molecular formula is C11H14ClNOSi. The standard InChI is InChI=1S/C11H14ClNOSi/c1-9(14)13(3)11(2,15-12)10-7-5-4-6-8-10/h4-8H,1-3H3. The molecule has 0 saturated carbocycles. The maximum Gasteiger partial charge on any atom is 0.219 e. The number of amides is 1. The Labute approximate surface area is 97.8 Å². The molecule has 0 saturated heterocycles. The van der Waals surface area contributed by atoms with E-state index in [1.165, 1.54) is 0 Å². The van der Waals surface area contributed by atoms with Gasteiger partial charge < -0.3 is 4.90 Å². The van der Waals surface area contributed by atoms with Crippen molar-refractivity contribution in [2.24, 2.45) is 0 Å². The third kappa shape index (κ3) is 2.41. The Morgan fingerprint density at radius 2 is 1.93 bits per heavy atom. The molecule has 0 fully saturated rings. The van der Waals surface area contributed by atoms with Crippen LogP contribution in [0.3, 0.4) is 0 Å². The number of hydrogen-bond donors (Lipinski definition) is 0. The van der Waals surface area contributed by atoms with Crippen molar-refractivity contribution in [3.63, 3.8) is 0 Å². The van der Waals surface area contributed by atoms with Crippen LogP contribution in [-0.2, 0) is 9.96 Å². The molecule has 0 aromatic heterocycles. The first-order valence-electron chi connectivity index (χ1n) is 4.70. The average Bonchev–Trinajstić information content (AvgIpc) is 2.28. The van der Waals surface area contributed by atoms with Crippen molar-refractivity contribution in [1.82, 2.24) is 4.90 Å². The molecule has 4 heteroatoms. The fourth-order valence-electron chi connectivity index (χ4n) is 1.39. The van der Waals surface area contributed by atoms with Crippen LogP contribution in [0.5, 0.6) is 0 Å². The van der Waals surface area contributed by atoms with Gasteiger partial charge in [-0.2, -0.15) is 11.1 Å². The summed E-state index contributed by atoms with van der Waals surface area (Å²) in [4.78, 5) is 13.1. The molecule has 1 rings (SSSR count). The fourth-order valence-corrected chi connectivity index (χ4v) is 2.66. The van der Waals surface area contributed by atoms with Gasteiger partial charge >= 0.3 is 0 Å². The normalized spacial score (nSPS) is 14.4. The van der Waals surface area contributed by atoms with E-state index in [-0.39, 0.29) is 14.7 Å². The number of benzene rings is 1. The molecular weight excluding hydrogens is 226 g/mol. The van der Waals surface area contributed by atoms with Gasteiger partial charge in [0, 0.05) is 14.0 Å². The lowest BCUT2D eigenvalue weighted by Gasteiger charge is -2.36. The van der Waals surface area contributed by atoms with E-state index < -0.39 is 5.16 Å². The predicted molar refractivity (Wildman–Crippen MR) is 63.8 cm³/mol. The Morgan fingerprint density at radius 1 is 1.40 bits per heavy atom. The minimum atomic E-state index is -0.408. The summed E-state index contributed by atoms with van der Waals surface area (Å²) in [7, 11) is 1.91. The quantitative estimate of drug-likeness (QED) is 0.585. The van der Waals surface area contributed by atoms with Gasteiger partial charge in [0.2, 0.25) is 14.7 Å². The summed E-state index contributed by atoms with van der Waals surface area (Å²) in [5.41, 5.74) is 1.07. The lowest BCUT2D eigenvalue weighted by molar-refractivity contribution is -0.130. The van der Waals surface area contributed by atoms with Gasteiger partial charge in [0.05, 0.1) is 5.16 Å². The molecule has 2 nitrogen and oxygen atoms in total. The summed E-state index contributed by atoms with van der Waals surface area (Å²) < 4.78 is 0. The Bertz CT molecular complexity index is 344. The molecule has 0 aliphatic carbocycles. The second-order valence-electron chi connectivity index (χ2n) is 3.61. The molecule has 1 aromatic rings. The highest BCUT2D eigenvalue weighted by atomic mass is 35.6. The van der Waals surface area contributed by atoms with Crippen LogP contribution in [0.1, 0.15) is 19.4 Å². The zero-order valence-electron chi connectivity index (χ0n) is 9.12. The predicted octanol–water partition coefficient (Wildman–Crippen LogP) is 2.20. The van der Waals surface area contributed by atoms with Crippen LogP contribution in [0.25, 0.3) is 0 Å². The van der Waals surface area contributed by atoms with Gasteiger partial charge in [0.1, 0.15) is 0 Å². The van der Waals surface area contributed by atoms with Crippen LogP contribution < -0.4 is 0 Å². The Kier molecular flexibility index (Phi) is 3.94. The molecule has 0 heterocycles. The monoisotopic (exact) mass is 239 g/mol. The van der Waals surface area contributed by atoms with Crippen molar-refractivity contribution in [3.05, 3.63) is 35.9 Å². The summed E-state index contributed by atoms with van der Waals surface area (Å²) in [5.74, 6) is 0.0227. The fraction of sp³-hybridized carbons (Fsp3) is 0.364. The topological polar surface area (TPSA) is 20.3 Å². The van der Waals surface area contributed by atoms with Crippen molar-refractivity contribution in [1.29, 1.82) is 0 Å². The molecule has 80 valence electrons. The minimum absolute atomic E-state index is 0.0227. The Morgan fingerprint density at radius 3 is 2.33 bits per heavy atom. The summed E-state index contributed by atoms with van der Waals surface area (Å²) >= 11 is 6.02. The number of nitrogens with zero attached hydrogens (tertiary/aromatic N) is 1. The van der Waals surface area contributed by atoms with Gasteiger partial charge in [-0.1, -0.05) is 30.3 Å². The van der Waals surface area contributed by atoms with Crippen molar-refractivity contribution < 1.29 is 4.79 Å². The Balaban J connectivity index is 3.11. The maximum absolute atomic E-state index is 11.4. The van der Waals surface area contributed by atoms with E-state index in [1.54, 1.807) is 18.9 Å². The first-order chi connectivity index (χ1) is 7.02. The molecule has 0 aliphatic heterocycles. The van der Waals surface area contributed by atoms with E-state index in [1.807, 2.05) is 37.3 Å². The smallest absolute Gasteiger partial charge is 0.219 e. The van der Waals surface area contributed by atoms with Gasteiger partial charge in [-0.3, -0.25) is 4.79 Å². The molecule has 0 bridgehead atoms. The number of carbonyl (C=O) groups excluding carboxylic acids is 1. The van der Waals surface area contributed by atoms with Crippen LogP contribution in [0, 0.1) is 0 Å². The summed E-state index contributed by atoms with van der Waals surface area (Å²) in [6.45, 7) is 3.54. The van der Waals surface area contributed by atoms with Gasteiger partial charge in [-0.25, -0.2) is 0 Å². The van der Waals surface area contributed by atoms with Crippen molar-refractivity contribution in [3.8, 4) is 0 Å². The van der Waals surface area contributed by atoms with E-state index >= 15 is 0 Å². The second-order valence-corrected chi connectivity index (χ2v) is 5.34. The summed E-state index contributed by atoms with van der Waals surface area (Å²) in [5, 5.41) is -0.408. The highest BCUT2D eigenvalue weighted by Crippen LogP contribution is 2.26. The van der Waals surface area contributed by atoms with Crippen LogP contribution in [0.15, 0.2) is 30.3 Å². The number of hydrogen-bond acceptors (Lipinski definition) is 1. The van der Waals surface area contributed by atoms with Crippen molar-refractivity contribution >= 4 is 25.8 Å². The zero-order valence-corrected chi connectivity index (χ0v) is 10.9. The number of rotatable bonds is 3. The first kappa shape index (κ1) is 12.3. The molecule has 0 spiro atoms. The molecule has 15 heavy (non-hydrogen) atoms. The first-order valence-corrected chi connectivity index (χ1v) is 6.71. The van der Waals surface area contributed by atoms with E-state index in [9.17, 15) is 4.79 Å². The van der Waals surface area contributed by atoms with Gasteiger partial charge in [0.25, 0.3) is 0 Å². The number of halogens is 1. The van der Waals surface area contributed by atoms with Crippen LogP contribution >= 0.6 is 11.1 Å². The third-order valence-corrected chi connectivity index (χ3v) is 4.76. The maximum atomic E-state index is 11.4. The highest BCUT2D eigenvalue weighted by Gasteiger charge is 2.33. The lowest BCUT2D eigenvalue weighted by Crippen LogP contribution is -2.47. The van der Waals surface area contributed by atoms with Crippen molar-refractivity contribution in [2.75, 3.05) is 7.05 Å². The average molecular weight is 240 g/mol. The third-order valence-electron chi connectivity index (χ3n) is 2.66. The Hall–Kier alpha value is -0.803. The molecule has 1 aromatic carbocycles. The molecule has 0 aliphatic rings. The van der Waals surface area contributed by atoms with E-state index in [0.29, 0.717) is 0 Å². The zero-order chi connectivity index (χ0) is 11.5. The molecule has 2 radical (unpaired) electrons. The van der Waals surface area contributed by atoms with E-state index in [0.717, 1.165) is 5.56 Å². The SMILES string of the molecule is CC(=O)N(C)C(C)([Si]Cl)c1ccccc1. The van der Waals surface area contributed by atoms with E-state index in [2.05, 4.69) is 0 Å². The van der Waals surface area contributed by atoms with Gasteiger partial charge in [-0.15, -0.1) is 0 Å². The van der Waals surface area contributed by atoms with Gasteiger partial charge in [0.15, 0.2) is 0 Å².